The average molecular weight is 398 g/mol. The summed E-state index contributed by atoms with van der Waals surface area (Å²) in [6.07, 6.45) is 4.80. The molecule has 0 radical (unpaired) electrons. The van der Waals surface area contributed by atoms with Gasteiger partial charge in [-0.25, -0.2) is 4.98 Å². The van der Waals surface area contributed by atoms with E-state index in [-0.39, 0.29) is 5.91 Å². The molecule has 1 amide bonds. The summed E-state index contributed by atoms with van der Waals surface area (Å²) in [6, 6.07) is 13.4. The number of carbonyl (C=O) groups excluding carboxylic acids is 1. The molecule has 1 aromatic heterocycles. The third-order valence-corrected chi connectivity index (χ3v) is 4.69. The van der Waals surface area contributed by atoms with E-state index in [0.29, 0.717) is 24.5 Å². The first-order chi connectivity index (χ1) is 13.5. The van der Waals surface area contributed by atoms with Gasteiger partial charge in [-0.2, -0.15) is 0 Å². The SMILES string of the molecule is Cc1cc(Cl)ccc1OCCCC(=O)Nc1ccc(Cn2ccnc2C)cc1. The highest BCUT2D eigenvalue weighted by molar-refractivity contribution is 6.30. The minimum Gasteiger partial charge on any atom is -0.493 e. The van der Waals surface area contributed by atoms with E-state index >= 15 is 0 Å². The van der Waals surface area contributed by atoms with Crippen LogP contribution in [0.5, 0.6) is 5.75 Å². The summed E-state index contributed by atoms with van der Waals surface area (Å²) in [5, 5.41) is 3.62. The maximum absolute atomic E-state index is 12.1. The van der Waals surface area contributed by atoms with Crippen LogP contribution in [0.25, 0.3) is 0 Å². The van der Waals surface area contributed by atoms with Gasteiger partial charge in [0.2, 0.25) is 5.91 Å². The van der Waals surface area contributed by atoms with Crippen molar-refractivity contribution < 1.29 is 9.53 Å². The summed E-state index contributed by atoms with van der Waals surface area (Å²) in [7, 11) is 0. The van der Waals surface area contributed by atoms with Gasteiger partial charge in [0.1, 0.15) is 11.6 Å². The minimum absolute atomic E-state index is 0.0189. The molecule has 0 saturated carbocycles. The van der Waals surface area contributed by atoms with Crippen LogP contribution in [-0.2, 0) is 11.3 Å². The van der Waals surface area contributed by atoms with E-state index in [1.54, 1.807) is 12.3 Å². The van der Waals surface area contributed by atoms with Gasteiger partial charge in [-0.1, -0.05) is 23.7 Å². The average Bonchev–Trinajstić information content (AvgIpc) is 3.06. The third kappa shape index (κ3) is 5.60. The quantitative estimate of drug-likeness (QED) is 0.544. The first kappa shape index (κ1) is 20.0. The topological polar surface area (TPSA) is 56.1 Å². The Labute approximate surface area is 170 Å². The molecule has 0 spiro atoms. The molecule has 0 fully saturated rings. The summed E-state index contributed by atoms with van der Waals surface area (Å²) in [5.41, 5.74) is 2.94. The Morgan fingerprint density at radius 3 is 2.64 bits per heavy atom. The van der Waals surface area contributed by atoms with Crippen molar-refractivity contribution in [1.82, 2.24) is 9.55 Å². The van der Waals surface area contributed by atoms with Crippen molar-refractivity contribution in [2.24, 2.45) is 0 Å². The summed E-state index contributed by atoms with van der Waals surface area (Å²) in [4.78, 5) is 16.3. The van der Waals surface area contributed by atoms with Gasteiger partial charge in [0, 0.05) is 36.1 Å². The highest BCUT2D eigenvalue weighted by Gasteiger charge is 2.05. The molecule has 2 aromatic carbocycles. The van der Waals surface area contributed by atoms with Crippen LogP contribution >= 0.6 is 11.6 Å². The number of nitrogens with zero attached hydrogens (tertiary/aromatic N) is 2. The van der Waals surface area contributed by atoms with E-state index in [1.165, 1.54) is 0 Å². The lowest BCUT2D eigenvalue weighted by Crippen LogP contribution is -2.13. The monoisotopic (exact) mass is 397 g/mol. The van der Waals surface area contributed by atoms with Gasteiger partial charge in [-0.05, 0) is 61.7 Å². The molecule has 28 heavy (non-hydrogen) atoms. The second-order valence-electron chi connectivity index (χ2n) is 6.71. The highest BCUT2D eigenvalue weighted by Crippen LogP contribution is 2.22. The second kappa shape index (κ2) is 9.42. The zero-order valence-electron chi connectivity index (χ0n) is 16.1. The molecule has 5 nitrogen and oxygen atoms in total. The van der Waals surface area contributed by atoms with Crippen LogP contribution in [0.15, 0.2) is 54.9 Å². The van der Waals surface area contributed by atoms with Gasteiger partial charge >= 0.3 is 0 Å². The van der Waals surface area contributed by atoms with E-state index in [2.05, 4.69) is 14.9 Å². The number of nitrogens with one attached hydrogen (secondary N) is 1. The molecule has 6 heteroatoms. The minimum atomic E-state index is -0.0189. The Kier molecular flexibility index (Phi) is 6.71. The number of rotatable bonds is 8. The van der Waals surface area contributed by atoms with Crippen molar-refractivity contribution in [2.75, 3.05) is 11.9 Å². The van der Waals surface area contributed by atoms with Gasteiger partial charge < -0.3 is 14.6 Å². The predicted octanol–water partition coefficient (Wildman–Crippen LogP) is 5.00. The molecule has 0 aliphatic rings. The van der Waals surface area contributed by atoms with Crippen LogP contribution in [0.2, 0.25) is 5.02 Å². The Bertz CT molecular complexity index is 935. The van der Waals surface area contributed by atoms with Gasteiger partial charge in [-0.3, -0.25) is 4.79 Å². The predicted molar refractivity (Wildman–Crippen MR) is 112 cm³/mol. The van der Waals surface area contributed by atoms with Crippen molar-refractivity contribution in [3.63, 3.8) is 0 Å². The summed E-state index contributed by atoms with van der Waals surface area (Å²) >= 11 is 5.94. The number of hydrogen-bond acceptors (Lipinski definition) is 3. The fourth-order valence-corrected chi connectivity index (χ4v) is 3.10. The van der Waals surface area contributed by atoms with Crippen LogP contribution in [0.4, 0.5) is 5.69 Å². The van der Waals surface area contributed by atoms with Gasteiger partial charge in [0.15, 0.2) is 0 Å². The van der Waals surface area contributed by atoms with Crippen LogP contribution in [-0.4, -0.2) is 22.1 Å². The lowest BCUT2D eigenvalue weighted by atomic mass is 10.2. The van der Waals surface area contributed by atoms with Crippen LogP contribution in [0.1, 0.15) is 29.8 Å². The molecule has 0 bridgehead atoms. The number of benzene rings is 2. The maximum atomic E-state index is 12.1. The van der Waals surface area contributed by atoms with Gasteiger partial charge in [0.25, 0.3) is 0 Å². The number of anilines is 1. The number of halogens is 1. The fourth-order valence-electron chi connectivity index (χ4n) is 2.87. The normalized spacial score (nSPS) is 10.7. The summed E-state index contributed by atoms with van der Waals surface area (Å²) < 4.78 is 7.80. The van der Waals surface area contributed by atoms with Crippen LogP contribution in [0.3, 0.4) is 0 Å². The van der Waals surface area contributed by atoms with Crippen molar-refractivity contribution in [1.29, 1.82) is 0 Å². The van der Waals surface area contributed by atoms with Crippen molar-refractivity contribution in [2.45, 2.75) is 33.2 Å². The molecule has 3 aromatic rings. The summed E-state index contributed by atoms with van der Waals surface area (Å²) in [5.74, 6) is 1.76. The molecule has 1 N–H and O–H groups in total. The van der Waals surface area contributed by atoms with E-state index < -0.39 is 0 Å². The van der Waals surface area contributed by atoms with E-state index in [1.807, 2.05) is 56.4 Å². The number of aryl methyl sites for hydroxylation is 2. The molecule has 0 aliphatic heterocycles. The molecule has 146 valence electrons. The lowest BCUT2D eigenvalue weighted by molar-refractivity contribution is -0.116. The van der Waals surface area contributed by atoms with E-state index in [4.69, 9.17) is 16.3 Å². The molecule has 1 heterocycles. The third-order valence-electron chi connectivity index (χ3n) is 4.46. The van der Waals surface area contributed by atoms with Crippen LogP contribution < -0.4 is 10.1 Å². The fraction of sp³-hybridized carbons (Fsp3) is 0.273. The number of amides is 1. The highest BCUT2D eigenvalue weighted by atomic mass is 35.5. The standard InChI is InChI=1S/C22H24ClN3O2/c1-16-14-19(23)7-10-21(16)28-13-3-4-22(27)25-20-8-5-18(6-9-20)15-26-12-11-24-17(26)2/h5-12,14H,3-4,13,15H2,1-2H3,(H,25,27). The smallest absolute Gasteiger partial charge is 0.224 e. The van der Waals surface area contributed by atoms with Crippen molar-refractivity contribution in [3.8, 4) is 5.75 Å². The van der Waals surface area contributed by atoms with E-state index in [9.17, 15) is 4.79 Å². The van der Waals surface area contributed by atoms with Gasteiger partial charge in [-0.15, -0.1) is 0 Å². The first-order valence-corrected chi connectivity index (χ1v) is 9.64. The number of aromatic nitrogens is 2. The van der Waals surface area contributed by atoms with E-state index in [0.717, 1.165) is 34.9 Å². The largest absolute Gasteiger partial charge is 0.493 e. The maximum Gasteiger partial charge on any atom is 0.224 e. The molecular weight excluding hydrogens is 374 g/mol. The Hall–Kier alpha value is -2.79. The lowest BCUT2D eigenvalue weighted by Gasteiger charge is -2.10. The number of carbonyl (C=O) groups is 1. The number of hydrogen-bond donors (Lipinski definition) is 1. The molecule has 0 saturated heterocycles. The Balaban J connectivity index is 1.41. The number of ether oxygens (including phenoxy) is 1. The van der Waals surface area contributed by atoms with Crippen molar-refractivity contribution in [3.05, 3.63) is 76.8 Å². The van der Waals surface area contributed by atoms with Crippen LogP contribution in [0, 0.1) is 13.8 Å². The van der Waals surface area contributed by atoms with Gasteiger partial charge in [0.05, 0.1) is 6.61 Å². The second-order valence-corrected chi connectivity index (χ2v) is 7.15. The zero-order valence-corrected chi connectivity index (χ0v) is 16.9. The number of imidazole rings is 1. The molecule has 3 rings (SSSR count). The molecular formula is C22H24ClN3O2. The Morgan fingerprint density at radius 1 is 1.18 bits per heavy atom. The first-order valence-electron chi connectivity index (χ1n) is 9.27. The Morgan fingerprint density at radius 2 is 1.96 bits per heavy atom. The molecule has 0 aliphatic carbocycles. The zero-order chi connectivity index (χ0) is 19.9. The van der Waals surface area contributed by atoms with Crippen molar-refractivity contribution >= 4 is 23.2 Å². The molecule has 0 unspecified atom stereocenters. The molecule has 0 atom stereocenters. The summed E-state index contributed by atoms with van der Waals surface area (Å²) in [6.45, 7) is 5.18.